The van der Waals surface area contributed by atoms with E-state index in [4.69, 9.17) is 10.6 Å². The number of esters is 1. The molecule has 0 fully saturated rings. The van der Waals surface area contributed by atoms with Crippen LogP contribution in [0.15, 0.2) is 59.8 Å². The summed E-state index contributed by atoms with van der Waals surface area (Å²) in [7, 11) is 1.29. The molecule has 0 saturated carbocycles. The van der Waals surface area contributed by atoms with E-state index in [0.29, 0.717) is 16.7 Å². The molecule has 0 aliphatic heterocycles. The van der Waals surface area contributed by atoms with Crippen LogP contribution >= 0.6 is 0 Å². The van der Waals surface area contributed by atoms with Gasteiger partial charge in [0.2, 0.25) is 0 Å². The first-order chi connectivity index (χ1) is 11.6. The monoisotopic (exact) mass is 344 g/mol. The SMILES string of the molecule is C.CC.COC(=O)c1cccc(/C(N)=N/OC(=O)c2ccccc2)c1. The van der Waals surface area contributed by atoms with Crippen LogP contribution in [-0.2, 0) is 9.57 Å². The maximum absolute atomic E-state index is 11.7. The highest BCUT2D eigenvalue weighted by atomic mass is 16.7. The number of hydrogen-bond acceptors (Lipinski definition) is 5. The predicted octanol–water partition coefficient (Wildman–Crippen LogP) is 3.61. The van der Waals surface area contributed by atoms with Crippen LogP contribution in [0.1, 0.15) is 47.6 Å². The highest BCUT2D eigenvalue weighted by molar-refractivity contribution is 6.00. The molecule has 0 radical (unpaired) electrons. The third-order valence-corrected chi connectivity index (χ3v) is 2.82. The van der Waals surface area contributed by atoms with Crippen molar-refractivity contribution in [3.8, 4) is 0 Å². The maximum atomic E-state index is 11.7. The van der Waals surface area contributed by atoms with Crippen molar-refractivity contribution in [2.24, 2.45) is 10.9 Å². The van der Waals surface area contributed by atoms with E-state index in [2.05, 4.69) is 9.89 Å². The molecular weight excluding hydrogens is 320 g/mol. The minimum absolute atomic E-state index is 0. The Morgan fingerprint density at radius 2 is 1.44 bits per heavy atom. The van der Waals surface area contributed by atoms with Crippen molar-refractivity contribution in [2.45, 2.75) is 21.3 Å². The molecule has 0 atom stereocenters. The molecule has 0 aromatic heterocycles. The summed E-state index contributed by atoms with van der Waals surface area (Å²) >= 11 is 0. The third-order valence-electron chi connectivity index (χ3n) is 2.82. The van der Waals surface area contributed by atoms with Gasteiger partial charge in [0.25, 0.3) is 0 Å². The van der Waals surface area contributed by atoms with Crippen LogP contribution in [0, 0.1) is 0 Å². The van der Waals surface area contributed by atoms with Gasteiger partial charge in [0, 0.05) is 5.56 Å². The quantitative estimate of drug-likeness (QED) is 0.301. The van der Waals surface area contributed by atoms with E-state index < -0.39 is 11.9 Å². The van der Waals surface area contributed by atoms with Gasteiger partial charge in [-0.2, -0.15) is 0 Å². The number of oxime groups is 1. The van der Waals surface area contributed by atoms with Crippen LogP contribution in [0.5, 0.6) is 0 Å². The Balaban J connectivity index is 0.00000185. The molecule has 2 N–H and O–H groups in total. The van der Waals surface area contributed by atoms with Gasteiger partial charge < -0.3 is 15.3 Å². The standard InChI is InChI=1S/C16H14N2O4.C2H6.CH4/c1-21-15(19)13-9-5-8-12(10-13)14(17)18-22-16(20)11-6-3-2-4-7-11;1-2;/h2-10H,1H3,(H2,17,18);1-2H3;1H4. The van der Waals surface area contributed by atoms with Crippen LogP contribution in [0.3, 0.4) is 0 Å². The summed E-state index contributed by atoms with van der Waals surface area (Å²) in [5.41, 5.74) is 6.89. The number of carbonyl (C=O) groups is 2. The first kappa shape index (κ1) is 21.9. The van der Waals surface area contributed by atoms with Gasteiger partial charge in [-0.15, -0.1) is 0 Å². The second-order valence-electron chi connectivity index (χ2n) is 4.29. The highest BCUT2D eigenvalue weighted by Gasteiger charge is 2.09. The van der Waals surface area contributed by atoms with E-state index in [1.54, 1.807) is 48.5 Å². The van der Waals surface area contributed by atoms with Gasteiger partial charge in [-0.3, -0.25) is 0 Å². The van der Waals surface area contributed by atoms with Crippen molar-refractivity contribution in [1.29, 1.82) is 0 Å². The molecule has 25 heavy (non-hydrogen) atoms. The molecule has 0 aliphatic rings. The van der Waals surface area contributed by atoms with Gasteiger partial charge >= 0.3 is 11.9 Å². The summed E-state index contributed by atoms with van der Waals surface area (Å²) in [5, 5.41) is 3.59. The minimum atomic E-state index is -0.618. The van der Waals surface area contributed by atoms with E-state index in [1.807, 2.05) is 13.8 Å². The normalized spacial score (nSPS) is 9.80. The Hall–Kier alpha value is -3.15. The highest BCUT2D eigenvalue weighted by Crippen LogP contribution is 2.07. The average Bonchev–Trinajstić information content (AvgIpc) is 2.67. The zero-order valence-electron chi connectivity index (χ0n) is 13.9. The lowest BCUT2D eigenvalue weighted by Gasteiger charge is -2.03. The molecule has 0 saturated heterocycles. The predicted molar refractivity (Wildman–Crippen MR) is 98.4 cm³/mol. The topological polar surface area (TPSA) is 91.0 Å². The lowest BCUT2D eigenvalue weighted by atomic mass is 10.1. The van der Waals surface area contributed by atoms with Crippen LogP contribution < -0.4 is 5.73 Å². The van der Waals surface area contributed by atoms with E-state index >= 15 is 0 Å². The van der Waals surface area contributed by atoms with E-state index in [0.717, 1.165) is 0 Å². The summed E-state index contributed by atoms with van der Waals surface area (Å²) in [4.78, 5) is 28.0. The molecule has 6 heteroatoms. The van der Waals surface area contributed by atoms with Crippen molar-refractivity contribution in [1.82, 2.24) is 0 Å². The zero-order valence-corrected chi connectivity index (χ0v) is 13.9. The smallest absolute Gasteiger partial charge is 0.365 e. The number of amidine groups is 1. The Bertz CT molecular complexity index is 712. The fourth-order valence-electron chi connectivity index (χ4n) is 1.69. The Morgan fingerprint density at radius 1 is 0.880 bits per heavy atom. The summed E-state index contributed by atoms with van der Waals surface area (Å²) in [6, 6.07) is 14.8. The van der Waals surface area contributed by atoms with Crippen LogP contribution in [-0.4, -0.2) is 24.9 Å². The first-order valence-corrected chi connectivity index (χ1v) is 7.40. The summed E-state index contributed by atoms with van der Waals surface area (Å²) in [6.07, 6.45) is 0. The number of hydrogen-bond donors (Lipinski definition) is 1. The molecule has 0 bridgehead atoms. The van der Waals surface area contributed by atoms with E-state index in [1.165, 1.54) is 13.2 Å². The first-order valence-electron chi connectivity index (χ1n) is 7.40. The number of methoxy groups -OCH3 is 1. The van der Waals surface area contributed by atoms with Crippen LogP contribution in [0.4, 0.5) is 0 Å². The largest absolute Gasteiger partial charge is 0.465 e. The molecule has 0 aliphatic carbocycles. The van der Waals surface area contributed by atoms with Crippen molar-refractivity contribution in [2.75, 3.05) is 7.11 Å². The summed E-state index contributed by atoms with van der Waals surface area (Å²) in [5.74, 6) is -1.13. The van der Waals surface area contributed by atoms with Gasteiger partial charge in [0.1, 0.15) is 0 Å². The van der Waals surface area contributed by atoms with Crippen molar-refractivity contribution < 1.29 is 19.2 Å². The molecule has 2 aromatic carbocycles. The van der Waals surface area contributed by atoms with Gasteiger partial charge in [-0.25, -0.2) is 9.59 Å². The molecule has 2 aromatic rings. The molecule has 0 amide bonds. The van der Waals surface area contributed by atoms with E-state index in [-0.39, 0.29) is 13.3 Å². The molecular formula is C19H24N2O4. The average molecular weight is 344 g/mol. The lowest BCUT2D eigenvalue weighted by Crippen LogP contribution is -2.16. The summed E-state index contributed by atoms with van der Waals surface area (Å²) < 4.78 is 4.62. The second-order valence-corrected chi connectivity index (χ2v) is 4.29. The molecule has 6 nitrogen and oxygen atoms in total. The molecule has 0 spiro atoms. The molecule has 0 unspecified atom stereocenters. The van der Waals surface area contributed by atoms with Gasteiger partial charge in [-0.1, -0.05) is 56.8 Å². The number of carbonyl (C=O) groups excluding carboxylic acids is 2. The third kappa shape index (κ3) is 6.47. The fourth-order valence-corrected chi connectivity index (χ4v) is 1.69. The van der Waals surface area contributed by atoms with E-state index in [9.17, 15) is 9.59 Å². The lowest BCUT2D eigenvalue weighted by molar-refractivity contribution is 0.0515. The van der Waals surface area contributed by atoms with Crippen LogP contribution in [0.2, 0.25) is 0 Å². The summed E-state index contributed by atoms with van der Waals surface area (Å²) in [6.45, 7) is 4.00. The Labute approximate surface area is 148 Å². The number of nitrogens with two attached hydrogens (primary N) is 1. The van der Waals surface area contributed by atoms with Crippen molar-refractivity contribution in [3.05, 3.63) is 71.3 Å². The number of rotatable bonds is 4. The van der Waals surface area contributed by atoms with Gasteiger partial charge in [0.15, 0.2) is 5.84 Å². The van der Waals surface area contributed by atoms with Gasteiger partial charge in [0.05, 0.1) is 18.2 Å². The van der Waals surface area contributed by atoms with Gasteiger partial charge in [-0.05, 0) is 24.3 Å². The zero-order chi connectivity index (χ0) is 17.9. The minimum Gasteiger partial charge on any atom is -0.465 e. The number of benzene rings is 2. The molecule has 2 rings (SSSR count). The molecule has 0 heterocycles. The fraction of sp³-hybridized carbons (Fsp3) is 0.211. The molecule has 134 valence electrons. The maximum Gasteiger partial charge on any atom is 0.365 e. The Morgan fingerprint density at radius 3 is 2.04 bits per heavy atom. The van der Waals surface area contributed by atoms with Crippen molar-refractivity contribution >= 4 is 17.8 Å². The second kappa shape index (κ2) is 11.4. The number of ether oxygens (including phenoxy) is 1. The number of nitrogens with zero attached hydrogens (tertiary/aromatic N) is 1. The van der Waals surface area contributed by atoms with Crippen LogP contribution in [0.25, 0.3) is 0 Å². The Kier molecular flexibility index (Phi) is 9.96. The van der Waals surface area contributed by atoms with Crippen molar-refractivity contribution in [3.63, 3.8) is 0 Å².